The fourth-order valence-electron chi connectivity index (χ4n) is 2.28. The third kappa shape index (κ3) is 4.18. The first-order valence-electron chi connectivity index (χ1n) is 6.50. The van der Waals surface area contributed by atoms with Crippen LogP contribution in [0.15, 0.2) is 0 Å². The molecule has 104 valence electrons. The van der Waals surface area contributed by atoms with Crippen LogP contribution < -0.4 is 5.32 Å². The molecule has 0 spiro atoms. The standard InChI is InChI=1S/C12H23N3O3/c1-3-8-15(10-4-6-13-7-5-10)12(18)14(2)9-11(16)17/h10,13H,3-9H2,1-2H3,(H,16,17). The predicted molar refractivity (Wildman–Crippen MR) is 68.6 cm³/mol. The molecule has 0 bridgehead atoms. The van der Waals surface area contributed by atoms with E-state index in [9.17, 15) is 9.59 Å². The van der Waals surface area contributed by atoms with Crippen molar-refractivity contribution in [3.05, 3.63) is 0 Å². The van der Waals surface area contributed by atoms with Gasteiger partial charge >= 0.3 is 12.0 Å². The minimum atomic E-state index is -0.979. The van der Waals surface area contributed by atoms with Gasteiger partial charge in [0.25, 0.3) is 0 Å². The molecule has 0 aromatic heterocycles. The van der Waals surface area contributed by atoms with Crippen LogP contribution in [0.5, 0.6) is 0 Å². The molecule has 0 aliphatic carbocycles. The molecular formula is C12H23N3O3. The van der Waals surface area contributed by atoms with Crippen molar-refractivity contribution in [2.24, 2.45) is 0 Å². The monoisotopic (exact) mass is 257 g/mol. The van der Waals surface area contributed by atoms with Gasteiger partial charge in [-0.25, -0.2) is 4.79 Å². The van der Waals surface area contributed by atoms with Gasteiger partial charge in [0.1, 0.15) is 6.54 Å². The van der Waals surface area contributed by atoms with Crippen molar-refractivity contribution in [1.29, 1.82) is 0 Å². The number of hydrogen-bond donors (Lipinski definition) is 2. The molecular weight excluding hydrogens is 234 g/mol. The quantitative estimate of drug-likeness (QED) is 0.756. The summed E-state index contributed by atoms with van der Waals surface area (Å²) < 4.78 is 0. The van der Waals surface area contributed by atoms with Gasteiger partial charge < -0.3 is 20.2 Å². The van der Waals surface area contributed by atoms with E-state index in [4.69, 9.17) is 5.11 Å². The molecule has 0 radical (unpaired) electrons. The highest BCUT2D eigenvalue weighted by atomic mass is 16.4. The molecule has 6 heteroatoms. The van der Waals surface area contributed by atoms with Crippen LogP contribution >= 0.6 is 0 Å². The van der Waals surface area contributed by atoms with Gasteiger partial charge in [-0.1, -0.05) is 6.92 Å². The van der Waals surface area contributed by atoms with Crippen LogP contribution in [0, 0.1) is 0 Å². The molecule has 0 aromatic rings. The molecule has 0 unspecified atom stereocenters. The maximum absolute atomic E-state index is 12.2. The van der Waals surface area contributed by atoms with Crippen LogP contribution in [0.3, 0.4) is 0 Å². The van der Waals surface area contributed by atoms with Crippen LogP contribution in [-0.4, -0.2) is 66.2 Å². The minimum Gasteiger partial charge on any atom is -0.480 e. The summed E-state index contributed by atoms with van der Waals surface area (Å²) in [5, 5.41) is 12.0. The average Bonchev–Trinajstić information content (AvgIpc) is 2.35. The summed E-state index contributed by atoms with van der Waals surface area (Å²) >= 11 is 0. The van der Waals surface area contributed by atoms with Gasteiger partial charge in [0.05, 0.1) is 0 Å². The van der Waals surface area contributed by atoms with Crippen LogP contribution in [0.1, 0.15) is 26.2 Å². The Labute approximate surface area is 108 Å². The van der Waals surface area contributed by atoms with Crippen molar-refractivity contribution in [3.63, 3.8) is 0 Å². The van der Waals surface area contributed by atoms with Crippen molar-refractivity contribution >= 4 is 12.0 Å². The lowest BCUT2D eigenvalue weighted by atomic mass is 10.0. The summed E-state index contributed by atoms with van der Waals surface area (Å²) in [4.78, 5) is 26.0. The molecule has 6 nitrogen and oxygen atoms in total. The van der Waals surface area contributed by atoms with Crippen LogP contribution in [0.2, 0.25) is 0 Å². The topological polar surface area (TPSA) is 72.9 Å². The molecule has 1 saturated heterocycles. The number of carbonyl (C=O) groups is 2. The largest absolute Gasteiger partial charge is 0.480 e. The van der Waals surface area contributed by atoms with Crippen LogP contribution in [0.25, 0.3) is 0 Å². The Bertz CT molecular complexity index is 290. The summed E-state index contributed by atoms with van der Waals surface area (Å²) in [7, 11) is 1.54. The number of carbonyl (C=O) groups excluding carboxylic acids is 1. The highest BCUT2D eigenvalue weighted by Gasteiger charge is 2.27. The first kappa shape index (κ1) is 14.8. The number of amides is 2. The van der Waals surface area contributed by atoms with Gasteiger partial charge in [0.15, 0.2) is 0 Å². The van der Waals surface area contributed by atoms with Crippen LogP contribution in [0.4, 0.5) is 4.79 Å². The summed E-state index contributed by atoms with van der Waals surface area (Å²) in [6, 6.07) is 0.0566. The summed E-state index contributed by atoms with van der Waals surface area (Å²) in [5.74, 6) is -0.979. The molecule has 1 rings (SSSR count). The fraction of sp³-hybridized carbons (Fsp3) is 0.833. The van der Waals surface area contributed by atoms with E-state index >= 15 is 0 Å². The Balaban J connectivity index is 2.64. The first-order valence-corrected chi connectivity index (χ1v) is 6.50. The van der Waals surface area contributed by atoms with Crippen LogP contribution in [-0.2, 0) is 4.79 Å². The number of carboxylic acid groups (broad SMARTS) is 1. The Morgan fingerprint density at radius 3 is 2.44 bits per heavy atom. The van der Waals surface area contributed by atoms with Crippen molar-refractivity contribution in [3.8, 4) is 0 Å². The lowest BCUT2D eigenvalue weighted by Crippen LogP contribution is -2.51. The molecule has 1 fully saturated rings. The van der Waals surface area contributed by atoms with Crippen molar-refractivity contribution in [2.45, 2.75) is 32.2 Å². The Morgan fingerprint density at radius 2 is 1.94 bits per heavy atom. The minimum absolute atomic E-state index is 0.175. The lowest BCUT2D eigenvalue weighted by Gasteiger charge is -2.36. The van der Waals surface area contributed by atoms with E-state index in [-0.39, 0.29) is 18.6 Å². The normalized spacial score (nSPS) is 16.3. The third-order valence-electron chi connectivity index (χ3n) is 3.16. The van der Waals surface area contributed by atoms with Gasteiger partial charge in [-0.2, -0.15) is 0 Å². The van der Waals surface area contributed by atoms with Gasteiger partial charge in [-0.3, -0.25) is 4.79 Å². The summed E-state index contributed by atoms with van der Waals surface area (Å²) in [6.45, 7) is 4.30. The molecule has 1 heterocycles. The summed E-state index contributed by atoms with van der Waals surface area (Å²) in [5.41, 5.74) is 0. The maximum atomic E-state index is 12.2. The molecule has 0 saturated carbocycles. The zero-order valence-electron chi connectivity index (χ0n) is 11.2. The molecule has 0 atom stereocenters. The number of nitrogens with one attached hydrogen (secondary N) is 1. The van der Waals surface area contributed by atoms with Gasteiger partial charge in [-0.15, -0.1) is 0 Å². The van der Waals surface area contributed by atoms with E-state index in [1.807, 2.05) is 11.8 Å². The number of likely N-dealkylation sites (N-methyl/N-ethyl adjacent to an activating group) is 1. The van der Waals surface area contributed by atoms with E-state index in [2.05, 4.69) is 5.32 Å². The SMILES string of the molecule is CCCN(C(=O)N(C)CC(=O)O)C1CCNCC1. The lowest BCUT2D eigenvalue weighted by molar-refractivity contribution is -0.137. The maximum Gasteiger partial charge on any atom is 0.323 e. The zero-order chi connectivity index (χ0) is 13.5. The van der Waals surface area contributed by atoms with Gasteiger partial charge in [-0.05, 0) is 32.4 Å². The van der Waals surface area contributed by atoms with Crippen molar-refractivity contribution in [1.82, 2.24) is 15.1 Å². The second kappa shape index (κ2) is 7.20. The van der Waals surface area contributed by atoms with E-state index < -0.39 is 5.97 Å². The highest BCUT2D eigenvalue weighted by molar-refractivity contribution is 5.80. The molecule has 0 aromatic carbocycles. The second-order valence-corrected chi connectivity index (χ2v) is 4.71. The van der Waals surface area contributed by atoms with E-state index in [1.54, 1.807) is 7.05 Å². The smallest absolute Gasteiger partial charge is 0.323 e. The first-order chi connectivity index (χ1) is 8.56. The average molecular weight is 257 g/mol. The highest BCUT2D eigenvalue weighted by Crippen LogP contribution is 2.14. The van der Waals surface area contributed by atoms with E-state index in [0.29, 0.717) is 6.54 Å². The molecule has 2 N–H and O–H groups in total. The number of rotatable bonds is 5. The Morgan fingerprint density at radius 1 is 1.33 bits per heavy atom. The summed E-state index contributed by atoms with van der Waals surface area (Å²) in [6.07, 6.45) is 2.76. The fourth-order valence-corrected chi connectivity index (χ4v) is 2.28. The molecule has 2 amide bonds. The molecule has 1 aliphatic heterocycles. The number of hydrogen-bond acceptors (Lipinski definition) is 3. The Kier molecular flexibility index (Phi) is 5.91. The third-order valence-corrected chi connectivity index (χ3v) is 3.16. The van der Waals surface area contributed by atoms with Crippen molar-refractivity contribution < 1.29 is 14.7 Å². The number of urea groups is 1. The van der Waals surface area contributed by atoms with Gasteiger partial charge in [0.2, 0.25) is 0 Å². The molecule has 18 heavy (non-hydrogen) atoms. The molecule has 1 aliphatic rings. The van der Waals surface area contributed by atoms with E-state index in [0.717, 1.165) is 32.4 Å². The van der Waals surface area contributed by atoms with Crippen molar-refractivity contribution in [2.75, 3.05) is 33.2 Å². The van der Waals surface area contributed by atoms with E-state index in [1.165, 1.54) is 4.90 Å². The number of aliphatic carboxylic acids is 1. The number of carboxylic acids is 1. The predicted octanol–water partition coefficient (Wildman–Crippen LogP) is 0.587. The van der Waals surface area contributed by atoms with Gasteiger partial charge in [0, 0.05) is 19.6 Å². The Hall–Kier alpha value is -1.30. The second-order valence-electron chi connectivity index (χ2n) is 4.71. The number of piperidine rings is 1. The zero-order valence-corrected chi connectivity index (χ0v) is 11.2. The number of nitrogens with zero attached hydrogens (tertiary/aromatic N) is 2.